The maximum Gasteiger partial charge on any atom is 0.254 e. The molecule has 0 aliphatic carbocycles. The van der Waals surface area contributed by atoms with Crippen LogP contribution in [-0.2, 0) is 16.0 Å². The van der Waals surface area contributed by atoms with Crippen LogP contribution in [0.15, 0.2) is 40.8 Å². The molecule has 3 rings (SSSR count). The maximum absolute atomic E-state index is 12.4. The number of hydrogen-bond acceptors (Lipinski definition) is 4. The molecule has 1 amide bonds. The first-order chi connectivity index (χ1) is 11.3. The van der Waals surface area contributed by atoms with Gasteiger partial charge < -0.3 is 18.8 Å². The number of rotatable bonds is 5. The van der Waals surface area contributed by atoms with E-state index < -0.39 is 0 Å². The van der Waals surface area contributed by atoms with Crippen LogP contribution in [0.25, 0.3) is 11.3 Å². The smallest absolute Gasteiger partial charge is 0.254 e. The number of ether oxygens (including phenoxy) is 1. The lowest BCUT2D eigenvalue weighted by Crippen LogP contribution is -2.40. The zero-order valence-electron chi connectivity index (χ0n) is 12.9. The van der Waals surface area contributed by atoms with Gasteiger partial charge in [-0.15, -0.1) is 0 Å². The number of morpholine rings is 1. The van der Waals surface area contributed by atoms with Crippen LogP contribution in [0.3, 0.4) is 0 Å². The number of amides is 1. The quantitative estimate of drug-likeness (QED) is 0.796. The molecule has 0 spiro atoms. The molecule has 1 fully saturated rings. The van der Waals surface area contributed by atoms with Gasteiger partial charge in [0, 0.05) is 37.1 Å². The van der Waals surface area contributed by atoms with E-state index in [4.69, 9.17) is 9.15 Å². The van der Waals surface area contributed by atoms with Crippen LogP contribution in [0.2, 0.25) is 0 Å². The van der Waals surface area contributed by atoms with Gasteiger partial charge in [-0.1, -0.05) is 12.1 Å². The van der Waals surface area contributed by atoms with Crippen LogP contribution in [0.4, 0.5) is 0 Å². The Hall–Kier alpha value is -2.40. The third-order valence-electron chi connectivity index (χ3n) is 3.88. The van der Waals surface area contributed by atoms with Crippen LogP contribution in [0.1, 0.15) is 22.5 Å². The largest absolute Gasteiger partial charge is 0.461 e. The van der Waals surface area contributed by atoms with E-state index in [-0.39, 0.29) is 5.91 Å². The van der Waals surface area contributed by atoms with Crippen molar-refractivity contribution in [3.8, 4) is 11.3 Å². The van der Waals surface area contributed by atoms with Crippen molar-refractivity contribution in [3.05, 3.63) is 47.7 Å². The Balaban J connectivity index is 1.70. The molecule has 1 aliphatic heterocycles. The minimum atomic E-state index is 0.0333. The first kappa shape index (κ1) is 15.5. The Morgan fingerprint density at radius 3 is 2.52 bits per heavy atom. The molecule has 0 N–H and O–H groups in total. The van der Waals surface area contributed by atoms with Crippen molar-refractivity contribution in [1.29, 1.82) is 0 Å². The Bertz CT molecular complexity index is 669. The molecule has 1 saturated heterocycles. The summed E-state index contributed by atoms with van der Waals surface area (Å²) in [4.78, 5) is 24.6. The predicted molar refractivity (Wildman–Crippen MR) is 85.3 cm³/mol. The third kappa shape index (κ3) is 3.68. The van der Waals surface area contributed by atoms with Crippen molar-refractivity contribution in [2.24, 2.45) is 0 Å². The number of aryl methyl sites for hydroxylation is 1. The van der Waals surface area contributed by atoms with Gasteiger partial charge in [0.2, 0.25) is 0 Å². The number of benzene rings is 1. The van der Waals surface area contributed by atoms with Gasteiger partial charge in [-0.05, 0) is 24.3 Å². The molecule has 1 aromatic carbocycles. The van der Waals surface area contributed by atoms with E-state index in [2.05, 4.69) is 0 Å². The summed E-state index contributed by atoms with van der Waals surface area (Å²) in [5, 5.41) is 0. The number of furan rings is 1. The van der Waals surface area contributed by atoms with E-state index >= 15 is 0 Å². The second-order valence-electron chi connectivity index (χ2n) is 5.45. The van der Waals surface area contributed by atoms with Gasteiger partial charge in [0.05, 0.1) is 13.2 Å². The van der Waals surface area contributed by atoms with Crippen LogP contribution >= 0.6 is 0 Å². The van der Waals surface area contributed by atoms with Gasteiger partial charge >= 0.3 is 0 Å². The maximum atomic E-state index is 12.4. The summed E-state index contributed by atoms with van der Waals surface area (Å²) in [7, 11) is 0. The summed E-state index contributed by atoms with van der Waals surface area (Å²) in [5.74, 6) is 1.57. The average molecular weight is 313 g/mol. The molecular weight excluding hydrogens is 294 g/mol. The third-order valence-corrected chi connectivity index (χ3v) is 3.88. The molecule has 0 atom stereocenters. The van der Waals surface area contributed by atoms with E-state index in [1.165, 1.54) is 0 Å². The van der Waals surface area contributed by atoms with Crippen LogP contribution in [-0.4, -0.2) is 43.4 Å². The lowest BCUT2D eigenvalue weighted by Gasteiger charge is -2.26. The number of hydrogen-bond donors (Lipinski definition) is 0. The fourth-order valence-corrected chi connectivity index (χ4v) is 2.59. The fraction of sp³-hybridized carbons (Fsp3) is 0.333. The normalized spacial score (nSPS) is 14.7. The predicted octanol–water partition coefficient (Wildman–Crippen LogP) is 2.55. The molecule has 23 heavy (non-hydrogen) atoms. The summed E-state index contributed by atoms with van der Waals surface area (Å²) >= 11 is 0. The van der Waals surface area contributed by atoms with E-state index in [9.17, 15) is 9.59 Å². The van der Waals surface area contributed by atoms with Crippen LogP contribution in [0, 0.1) is 0 Å². The van der Waals surface area contributed by atoms with E-state index in [1.807, 2.05) is 41.3 Å². The first-order valence-corrected chi connectivity index (χ1v) is 7.78. The molecule has 120 valence electrons. The van der Waals surface area contributed by atoms with E-state index in [0.717, 1.165) is 23.4 Å². The molecule has 2 aromatic rings. The highest BCUT2D eigenvalue weighted by Crippen LogP contribution is 2.23. The van der Waals surface area contributed by atoms with E-state index in [1.54, 1.807) is 0 Å². The molecule has 5 nitrogen and oxygen atoms in total. The zero-order chi connectivity index (χ0) is 16.1. The van der Waals surface area contributed by atoms with E-state index in [0.29, 0.717) is 44.7 Å². The molecule has 5 heteroatoms. The molecule has 0 radical (unpaired) electrons. The lowest BCUT2D eigenvalue weighted by atomic mass is 10.1. The second-order valence-corrected chi connectivity index (χ2v) is 5.45. The van der Waals surface area contributed by atoms with Crippen molar-refractivity contribution in [3.63, 3.8) is 0 Å². The molecule has 0 unspecified atom stereocenters. The fourth-order valence-electron chi connectivity index (χ4n) is 2.59. The summed E-state index contributed by atoms with van der Waals surface area (Å²) in [6.07, 6.45) is 1.95. The standard InChI is InChI=1S/C18H19NO4/c20-11-1-2-16-7-8-17(23-16)14-3-5-15(6-4-14)18(21)19-9-12-22-13-10-19/h3-8,11H,1-2,9-10,12-13H2. The number of carbonyl (C=O) groups excluding carboxylic acids is 2. The summed E-state index contributed by atoms with van der Waals surface area (Å²) in [5.41, 5.74) is 1.59. The van der Waals surface area contributed by atoms with Crippen molar-refractivity contribution < 1.29 is 18.7 Å². The topological polar surface area (TPSA) is 59.8 Å². The first-order valence-electron chi connectivity index (χ1n) is 7.78. The van der Waals surface area contributed by atoms with Gasteiger partial charge in [-0.2, -0.15) is 0 Å². The average Bonchev–Trinajstić information content (AvgIpc) is 3.09. The molecule has 2 heterocycles. The molecular formula is C18H19NO4. The number of carbonyl (C=O) groups is 2. The highest BCUT2D eigenvalue weighted by Gasteiger charge is 2.18. The SMILES string of the molecule is O=CCCc1ccc(-c2ccc(C(=O)N3CCOCC3)cc2)o1. The van der Waals surface area contributed by atoms with Gasteiger partial charge in [0.15, 0.2) is 0 Å². The van der Waals surface area contributed by atoms with Crippen molar-refractivity contribution in [2.75, 3.05) is 26.3 Å². The summed E-state index contributed by atoms with van der Waals surface area (Å²) in [6, 6.07) is 11.2. The minimum Gasteiger partial charge on any atom is -0.461 e. The Kier molecular flexibility index (Phi) is 4.88. The number of aldehydes is 1. The number of nitrogens with zero attached hydrogens (tertiary/aromatic N) is 1. The van der Waals surface area contributed by atoms with Crippen LogP contribution < -0.4 is 0 Å². The van der Waals surface area contributed by atoms with Crippen molar-refractivity contribution in [1.82, 2.24) is 4.90 Å². The van der Waals surface area contributed by atoms with Crippen LogP contribution in [0.5, 0.6) is 0 Å². The Morgan fingerprint density at radius 2 is 1.83 bits per heavy atom. The lowest BCUT2D eigenvalue weighted by molar-refractivity contribution is -0.107. The minimum absolute atomic E-state index is 0.0333. The summed E-state index contributed by atoms with van der Waals surface area (Å²) in [6.45, 7) is 2.47. The van der Waals surface area contributed by atoms with Crippen molar-refractivity contribution in [2.45, 2.75) is 12.8 Å². The Labute approximate surface area is 134 Å². The molecule has 0 bridgehead atoms. The monoisotopic (exact) mass is 313 g/mol. The van der Waals surface area contributed by atoms with Gasteiger partial charge in [-0.25, -0.2) is 0 Å². The van der Waals surface area contributed by atoms with Gasteiger partial charge in [-0.3, -0.25) is 4.79 Å². The molecule has 1 aromatic heterocycles. The highest BCUT2D eigenvalue weighted by molar-refractivity contribution is 5.94. The molecule has 1 aliphatic rings. The summed E-state index contributed by atoms with van der Waals surface area (Å²) < 4.78 is 11.0. The van der Waals surface area contributed by atoms with Gasteiger partial charge in [0.25, 0.3) is 5.91 Å². The van der Waals surface area contributed by atoms with Crippen molar-refractivity contribution >= 4 is 12.2 Å². The zero-order valence-corrected chi connectivity index (χ0v) is 12.9. The van der Waals surface area contributed by atoms with Gasteiger partial charge in [0.1, 0.15) is 17.8 Å². The molecule has 0 saturated carbocycles. The highest BCUT2D eigenvalue weighted by atomic mass is 16.5. The Morgan fingerprint density at radius 1 is 1.09 bits per heavy atom. The second kappa shape index (κ2) is 7.24.